The van der Waals surface area contributed by atoms with Gasteiger partial charge in [-0.15, -0.1) is 0 Å². The van der Waals surface area contributed by atoms with E-state index in [1.54, 1.807) is 21.0 Å². The number of carboxylic acids is 1. The summed E-state index contributed by atoms with van der Waals surface area (Å²) in [5.41, 5.74) is 0.896. The summed E-state index contributed by atoms with van der Waals surface area (Å²) in [6, 6.07) is 0. The third kappa shape index (κ3) is 2.93. The predicted molar refractivity (Wildman–Crippen MR) is 74.7 cm³/mol. The number of aryl methyl sites for hydroxylation is 1. The molecule has 116 valence electrons. The minimum absolute atomic E-state index is 0.0447. The van der Waals surface area contributed by atoms with Crippen LogP contribution >= 0.6 is 0 Å². The first-order chi connectivity index (χ1) is 9.90. The second kappa shape index (κ2) is 5.87. The lowest BCUT2D eigenvalue weighted by Crippen LogP contribution is -2.45. The number of carboxylic acid groups (broad SMARTS) is 1. The van der Waals surface area contributed by atoms with Crippen LogP contribution in [0.5, 0.6) is 0 Å². The molecule has 1 aliphatic heterocycles. The molecule has 1 aliphatic rings. The number of hydrogen-bond acceptors (Lipinski definition) is 4. The molecule has 0 saturated carbocycles. The van der Waals surface area contributed by atoms with E-state index >= 15 is 0 Å². The smallest absolute Gasteiger partial charge is 0.352 e. The number of carbonyl (C=O) groups excluding carboxylic acids is 1. The number of ether oxygens (including phenoxy) is 2. The van der Waals surface area contributed by atoms with Crippen LogP contribution in [0.15, 0.2) is 0 Å². The molecule has 3 N–H and O–H groups in total. The monoisotopic (exact) mass is 296 g/mol. The molecule has 1 aromatic rings. The lowest BCUT2D eigenvalue weighted by atomic mass is 10.0. The van der Waals surface area contributed by atoms with E-state index in [1.807, 2.05) is 0 Å². The lowest BCUT2D eigenvalue weighted by molar-refractivity contribution is -0.0148. The van der Waals surface area contributed by atoms with Gasteiger partial charge in [0.25, 0.3) is 5.91 Å². The van der Waals surface area contributed by atoms with Crippen LogP contribution in [0, 0.1) is 13.8 Å². The van der Waals surface area contributed by atoms with Crippen molar-refractivity contribution in [3.05, 3.63) is 22.5 Å². The van der Waals surface area contributed by atoms with E-state index in [0.717, 1.165) is 6.42 Å². The summed E-state index contributed by atoms with van der Waals surface area (Å²) in [4.78, 5) is 26.1. The third-order valence-corrected chi connectivity index (χ3v) is 3.95. The van der Waals surface area contributed by atoms with Gasteiger partial charge >= 0.3 is 5.97 Å². The molecule has 1 amide bonds. The van der Waals surface area contributed by atoms with E-state index in [0.29, 0.717) is 36.6 Å². The molecular formula is C14H20N2O5. The van der Waals surface area contributed by atoms with Gasteiger partial charge in [0, 0.05) is 32.4 Å². The van der Waals surface area contributed by atoms with Gasteiger partial charge in [0.1, 0.15) is 11.3 Å². The minimum Gasteiger partial charge on any atom is -0.477 e. The third-order valence-electron chi connectivity index (χ3n) is 3.95. The molecule has 1 saturated heterocycles. The predicted octanol–water partition coefficient (Wildman–Crippen LogP) is 0.865. The number of aromatic nitrogens is 1. The van der Waals surface area contributed by atoms with E-state index in [-0.39, 0.29) is 11.6 Å². The van der Waals surface area contributed by atoms with Crippen molar-refractivity contribution in [2.45, 2.75) is 25.9 Å². The average molecular weight is 296 g/mol. The van der Waals surface area contributed by atoms with Crippen molar-refractivity contribution in [2.75, 3.05) is 26.9 Å². The number of rotatable bonds is 5. The molecule has 1 unspecified atom stereocenters. The summed E-state index contributed by atoms with van der Waals surface area (Å²) in [6.45, 7) is 4.67. The maximum atomic E-state index is 12.3. The fraction of sp³-hybridized carbons (Fsp3) is 0.571. The molecule has 2 rings (SSSR count). The summed E-state index contributed by atoms with van der Waals surface area (Å²) < 4.78 is 10.8. The van der Waals surface area contributed by atoms with Gasteiger partial charge in [0.05, 0.1) is 12.2 Å². The van der Waals surface area contributed by atoms with Crippen LogP contribution in [0.25, 0.3) is 0 Å². The molecule has 7 nitrogen and oxygen atoms in total. The number of methoxy groups -OCH3 is 1. The Morgan fingerprint density at radius 2 is 2.19 bits per heavy atom. The Balaban J connectivity index is 2.12. The van der Waals surface area contributed by atoms with Crippen LogP contribution in [0.1, 0.15) is 38.5 Å². The zero-order chi connectivity index (χ0) is 15.6. The topological polar surface area (TPSA) is 101 Å². The van der Waals surface area contributed by atoms with Crippen molar-refractivity contribution in [3.63, 3.8) is 0 Å². The van der Waals surface area contributed by atoms with E-state index in [2.05, 4.69) is 10.3 Å². The standard InChI is InChI=1S/C14H20N2O5/c1-8-10(9(2)16-11(8)13(18)19)12(17)15-6-14(20-3)4-5-21-7-14/h16H,4-7H2,1-3H3,(H,15,17)(H,18,19). The average Bonchev–Trinajstić information content (AvgIpc) is 3.02. The fourth-order valence-electron chi connectivity index (χ4n) is 2.60. The van der Waals surface area contributed by atoms with Crippen LogP contribution in [-0.4, -0.2) is 54.4 Å². The van der Waals surface area contributed by atoms with Crippen molar-refractivity contribution >= 4 is 11.9 Å². The number of aromatic amines is 1. The zero-order valence-corrected chi connectivity index (χ0v) is 12.4. The number of nitrogens with one attached hydrogen (secondary N) is 2. The molecule has 2 heterocycles. The van der Waals surface area contributed by atoms with Crippen molar-refractivity contribution < 1.29 is 24.2 Å². The Morgan fingerprint density at radius 1 is 1.48 bits per heavy atom. The molecule has 0 aromatic carbocycles. The molecule has 0 radical (unpaired) electrons. The van der Waals surface area contributed by atoms with E-state index in [4.69, 9.17) is 14.6 Å². The van der Waals surface area contributed by atoms with E-state index in [9.17, 15) is 9.59 Å². The van der Waals surface area contributed by atoms with Crippen molar-refractivity contribution in [1.82, 2.24) is 10.3 Å². The number of carbonyl (C=O) groups is 2. The van der Waals surface area contributed by atoms with Crippen molar-refractivity contribution in [3.8, 4) is 0 Å². The van der Waals surface area contributed by atoms with Crippen LogP contribution in [-0.2, 0) is 9.47 Å². The van der Waals surface area contributed by atoms with Crippen molar-refractivity contribution in [1.29, 1.82) is 0 Å². The van der Waals surface area contributed by atoms with E-state index < -0.39 is 11.6 Å². The lowest BCUT2D eigenvalue weighted by Gasteiger charge is -2.25. The summed E-state index contributed by atoms with van der Waals surface area (Å²) in [6.07, 6.45) is 0.718. The van der Waals surface area contributed by atoms with Gasteiger partial charge in [-0.3, -0.25) is 4.79 Å². The minimum atomic E-state index is -1.08. The molecule has 0 spiro atoms. The summed E-state index contributed by atoms with van der Waals surface area (Å²) >= 11 is 0. The molecule has 0 bridgehead atoms. The highest BCUT2D eigenvalue weighted by molar-refractivity contribution is 6.00. The number of hydrogen-bond donors (Lipinski definition) is 3. The second-order valence-corrected chi connectivity index (χ2v) is 5.30. The van der Waals surface area contributed by atoms with Crippen molar-refractivity contribution in [2.24, 2.45) is 0 Å². The Kier molecular flexibility index (Phi) is 4.34. The number of H-pyrrole nitrogens is 1. The summed E-state index contributed by atoms with van der Waals surface area (Å²) in [5, 5.41) is 11.9. The second-order valence-electron chi connectivity index (χ2n) is 5.30. The Morgan fingerprint density at radius 3 is 2.67 bits per heavy atom. The van der Waals surface area contributed by atoms with Crippen LogP contribution in [0.3, 0.4) is 0 Å². The molecule has 7 heteroatoms. The highest BCUT2D eigenvalue weighted by Gasteiger charge is 2.35. The quantitative estimate of drug-likeness (QED) is 0.748. The number of aromatic carboxylic acids is 1. The molecule has 1 aromatic heterocycles. The van der Waals surface area contributed by atoms with Gasteiger partial charge in [0.2, 0.25) is 0 Å². The summed E-state index contributed by atoms with van der Waals surface area (Å²) in [5.74, 6) is -1.38. The highest BCUT2D eigenvalue weighted by Crippen LogP contribution is 2.22. The molecule has 21 heavy (non-hydrogen) atoms. The van der Waals surface area contributed by atoms with Crippen LogP contribution < -0.4 is 5.32 Å². The Hall–Kier alpha value is -1.86. The van der Waals surface area contributed by atoms with E-state index in [1.165, 1.54) is 0 Å². The normalized spacial score (nSPS) is 21.5. The summed E-state index contributed by atoms with van der Waals surface area (Å²) in [7, 11) is 1.59. The molecular weight excluding hydrogens is 276 g/mol. The van der Waals surface area contributed by atoms with Gasteiger partial charge < -0.3 is 24.9 Å². The first-order valence-electron chi connectivity index (χ1n) is 6.74. The van der Waals surface area contributed by atoms with Gasteiger partial charge in [0.15, 0.2) is 0 Å². The molecule has 0 aliphatic carbocycles. The maximum Gasteiger partial charge on any atom is 0.352 e. The molecule has 1 atom stereocenters. The van der Waals surface area contributed by atoms with Gasteiger partial charge in [-0.25, -0.2) is 4.79 Å². The highest BCUT2D eigenvalue weighted by atomic mass is 16.5. The van der Waals surface area contributed by atoms with Gasteiger partial charge in [-0.05, 0) is 19.4 Å². The largest absolute Gasteiger partial charge is 0.477 e. The SMILES string of the molecule is COC1(CNC(=O)c2c(C)[nH]c(C(=O)O)c2C)CCOC1. The first-order valence-corrected chi connectivity index (χ1v) is 6.74. The van der Waals surface area contributed by atoms with Crippen LogP contribution in [0.2, 0.25) is 0 Å². The Bertz CT molecular complexity index is 558. The van der Waals surface area contributed by atoms with Crippen LogP contribution in [0.4, 0.5) is 0 Å². The number of amides is 1. The van der Waals surface area contributed by atoms with Gasteiger partial charge in [-0.2, -0.15) is 0 Å². The fourth-order valence-corrected chi connectivity index (χ4v) is 2.60. The zero-order valence-electron chi connectivity index (χ0n) is 12.4. The maximum absolute atomic E-state index is 12.3. The Labute approximate surface area is 122 Å². The first kappa shape index (κ1) is 15.5. The molecule has 1 fully saturated rings. The van der Waals surface area contributed by atoms with Gasteiger partial charge in [-0.1, -0.05) is 0 Å².